The highest BCUT2D eigenvalue weighted by atomic mass is 16.5. The van der Waals surface area contributed by atoms with Gasteiger partial charge in [-0.3, -0.25) is 4.98 Å². The summed E-state index contributed by atoms with van der Waals surface area (Å²) in [5, 5.41) is 3.31. The molecule has 1 N–H and O–H groups in total. The van der Waals surface area contributed by atoms with Gasteiger partial charge in [0.25, 0.3) is 0 Å². The van der Waals surface area contributed by atoms with Crippen LogP contribution in [0.2, 0.25) is 0 Å². The molecule has 0 saturated heterocycles. The summed E-state index contributed by atoms with van der Waals surface area (Å²) < 4.78 is 4.76. The van der Waals surface area contributed by atoms with E-state index in [4.69, 9.17) is 4.74 Å². The van der Waals surface area contributed by atoms with Crippen LogP contribution in [-0.4, -0.2) is 18.1 Å². The fourth-order valence-electron chi connectivity index (χ4n) is 1.86. The van der Waals surface area contributed by atoms with E-state index in [0.29, 0.717) is 12.1 Å². The van der Waals surface area contributed by atoms with E-state index >= 15 is 0 Å². The molecule has 2 rings (SSSR count). The molecule has 1 aromatic carbocycles. The topological polar surface area (TPSA) is 51.2 Å². The molecule has 2 aromatic rings. The van der Waals surface area contributed by atoms with Crippen molar-refractivity contribution in [3.63, 3.8) is 0 Å². The summed E-state index contributed by atoms with van der Waals surface area (Å²) in [6, 6.07) is 9.45. The molecule has 0 atom stereocenters. The average Bonchev–Trinajstić information content (AvgIpc) is 2.46. The minimum atomic E-state index is -0.315. The Balaban J connectivity index is 2.15. The molecule has 98 valence electrons. The molecule has 1 heterocycles. The highest BCUT2D eigenvalue weighted by molar-refractivity contribution is 5.92. The van der Waals surface area contributed by atoms with E-state index in [-0.39, 0.29) is 5.97 Å². The number of hydrogen-bond acceptors (Lipinski definition) is 4. The summed E-state index contributed by atoms with van der Waals surface area (Å²) >= 11 is 0. The molecule has 19 heavy (non-hydrogen) atoms. The predicted octanol–water partition coefficient (Wildman–Crippen LogP) is 2.79. The first-order valence-corrected chi connectivity index (χ1v) is 6.03. The van der Waals surface area contributed by atoms with E-state index in [2.05, 4.69) is 10.3 Å². The Hall–Kier alpha value is -2.36. The van der Waals surface area contributed by atoms with Gasteiger partial charge in [-0.25, -0.2) is 4.79 Å². The minimum Gasteiger partial charge on any atom is -0.465 e. The van der Waals surface area contributed by atoms with Crippen molar-refractivity contribution >= 4 is 11.7 Å². The standard InChI is InChI=1S/C15H16N2O2/c1-11-13(15(18)19-2)4-3-5-14(11)17-10-12-6-8-16-9-7-12/h3-9,17H,10H2,1-2H3. The van der Waals surface area contributed by atoms with Gasteiger partial charge in [-0.05, 0) is 42.3 Å². The van der Waals surface area contributed by atoms with Crippen LogP contribution in [-0.2, 0) is 11.3 Å². The lowest BCUT2D eigenvalue weighted by Gasteiger charge is -2.12. The Bertz CT molecular complexity index is 568. The maximum Gasteiger partial charge on any atom is 0.338 e. The van der Waals surface area contributed by atoms with E-state index in [9.17, 15) is 4.79 Å². The van der Waals surface area contributed by atoms with Crippen LogP contribution >= 0.6 is 0 Å². The van der Waals surface area contributed by atoms with Crippen molar-refractivity contribution in [2.24, 2.45) is 0 Å². The van der Waals surface area contributed by atoms with Gasteiger partial charge in [0.05, 0.1) is 12.7 Å². The Kier molecular flexibility index (Phi) is 4.13. The van der Waals surface area contributed by atoms with Crippen LogP contribution in [0.1, 0.15) is 21.5 Å². The number of carbonyl (C=O) groups excluding carboxylic acids is 1. The number of methoxy groups -OCH3 is 1. The first kappa shape index (κ1) is 13.1. The Morgan fingerprint density at radius 2 is 2.00 bits per heavy atom. The molecule has 0 saturated carbocycles. The van der Waals surface area contributed by atoms with Crippen molar-refractivity contribution in [1.82, 2.24) is 4.98 Å². The molecule has 0 spiro atoms. The number of ether oxygens (including phenoxy) is 1. The maximum atomic E-state index is 11.6. The molecule has 0 bridgehead atoms. The highest BCUT2D eigenvalue weighted by Crippen LogP contribution is 2.20. The molecule has 4 heteroatoms. The molecular weight excluding hydrogens is 240 g/mol. The Labute approximate surface area is 112 Å². The van der Waals surface area contributed by atoms with Gasteiger partial charge >= 0.3 is 5.97 Å². The average molecular weight is 256 g/mol. The van der Waals surface area contributed by atoms with Crippen LogP contribution in [0.5, 0.6) is 0 Å². The number of pyridine rings is 1. The number of esters is 1. The third kappa shape index (κ3) is 3.10. The van der Waals surface area contributed by atoms with Crippen molar-refractivity contribution in [3.05, 3.63) is 59.4 Å². The predicted molar refractivity (Wildman–Crippen MR) is 74.1 cm³/mol. The molecule has 0 fully saturated rings. The lowest BCUT2D eigenvalue weighted by atomic mass is 10.1. The molecule has 4 nitrogen and oxygen atoms in total. The van der Waals surface area contributed by atoms with Gasteiger partial charge in [0, 0.05) is 24.6 Å². The van der Waals surface area contributed by atoms with Gasteiger partial charge in [0.1, 0.15) is 0 Å². The molecule has 0 unspecified atom stereocenters. The smallest absolute Gasteiger partial charge is 0.338 e. The van der Waals surface area contributed by atoms with Gasteiger partial charge in [0.15, 0.2) is 0 Å². The zero-order chi connectivity index (χ0) is 13.7. The zero-order valence-corrected chi connectivity index (χ0v) is 11.0. The molecule has 0 aliphatic rings. The largest absolute Gasteiger partial charge is 0.465 e. The van der Waals surface area contributed by atoms with Gasteiger partial charge < -0.3 is 10.1 Å². The van der Waals surface area contributed by atoms with Crippen molar-refractivity contribution in [3.8, 4) is 0 Å². The quantitative estimate of drug-likeness (QED) is 0.855. The van der Waals surface area contributed by atoms with Crippen LogP contribution in [0.3, 0.4) is 0 Å². The third-order valence-corrected chi connectivity index (χ3v) is 2.97. The van der Waals surface area contributed by atoms with Crippen LogP contribution in [0, 0.1) is 6.92 Å². The normalized spacial score (nSPS) is 10.0. The van der Waals surface area contributed by atoms with Crippen LogP contribution in [0.4, 0.5) is 5.69 Å². The molecule has 0 aliphatic heterocycles. The van der Waals surface area contributed by atoms with Crippen molar-refractivity contribution < 1.29 is 9.53 Å². The van der Waals surface area contributed by atoms with Gasteiger partial charge in [-0.2, -0.15) is 0 Å². The number of benzene rings is 1. The van der Waals surface area contributed by atoms with Crippen LogP contribution in [0.25, 0.3) is 0 Å². The van der Waals surface area contributed by atoms with Crippen molar-refractivity contribution in [2.45, 2.75) is 13.5 Å². The molecule has 0 radical (unpaired) electrons. The fraction of sp³-hybridized carbons (Fsp3) is 0.200. The molecular formula is C15H16N2O2. The molecule has 0 amide bonds. The number of anilines is 1. The monoisotopic (exact) mass is 256 g/mol. The van der Waals surface area contributed by atoms with E-state index < -0.39 is 0 Å². The summed E-state index contributed by atoms with van der Waals surface area (Å²) in [5.74, 6) is -0.315. The van der Waals surface area contributed by atoms with Gasteiger partial charge in [-0.1, -0.05) is 6.07 Å². The van der Waals surface area contributed by atoms with Crippen molar-refractivity contribution in [2.75, 3.05) is 12.4 Å². The maximum absolute atomic E-state index is 11.6. The molecule has 0 aliphatic carbocycles. The number of aromatic nitrogens is 1. The number of carbonyl (C=O) groups is 1. The van der Waals surface area contributed by atoms with E-state index in [1.54, 1.807) is 18.5 Å². The second-order valence-corrected chi connectivity index (χ2v) is 4.18. The zero-order valence-electron chi connectivity index (χ0n) is 11.0. The number of nitrogens with one attached hydrogen (secondary N) is 1. The lowest BCUT2D eigenvalue weighted by Crippen LogP contribution is -2.07. The highest BCUT2D eigenvalue weighted by Gasteiger charge is 2.11. The van der Waals surface area contributed by atoms with Gasteiger partial charge in [-0.15, -0.1) is 0 Å². The van der Waals surface area contributed by atoms with Crippen molar-refractivity contribution in [1.29, 1.82) is 0 Å². The lowest BCUT2D eigenvalue weighted by molar-refractivity contribution is 0.0600. The third-order valence-electron chi connectivity index (χ3n) is 2.97. The number of nitrogens with zero attached hydrogens (tertiary/aromatic N) is 1. The summed E-state index contributed by atoms with van der Waals surface area (Å²) in [6.45, 7) is 2.59. The summed E-state index contributed by atoms with van der Waals surface area (Å²) in [5.41, 5.74) is 3.54. The van der Waals surface area contributed by atoms with Gasteiger partial charge in [0.2, 0.25) is 0 Å². The van der Waals surface area contributed by atoms with E-state index in [1.807, 2.05) is 31.2 Å². The summed E-state index contributed by atoms with van der Waals surface area (Å²) in [7, 11) is 1.39. The minimum absolute atomic E-state index is 0.315. The summed E-state index contributed by atoms with van der Waals surface area (Å²) in [6.07, 6.45) is 3.52. The molecule has 1 aromatic heterocycles. The first-order valence-electron chi connectivity index (χ1n) is 6.03. The first-order chi connectivity index (χ1) is 9.22. The second kappa shape index (κ2) is 6.00. The summed E-state index contributed by atoms with van der Waals surface area (Å²) in [4.78, 5) is 15.6. The second-order valence-electron chi connectivity index (χ2n) is 4.18. The number of rotatable bonds is 4. The Morgan fingerprint density at radius 3 is 2.68 bits per heavy atom. The van der Waals surface area contributed by atoms with E-state index in [0.717, 1.165) is 16.8 Å². The Morgan fingerprint density at radius 1 is 1.26 bits per heavy atom. The van der Waals surface area contributed by atoms with Crippen LogP contribution < -0.4 is 5.32 Å². The van der Waals surface area contributed by atoms with Crippen LogP contribution in [0.15, 0.2) is 42.7 Å². The number of hydrogen-bond donors (Lipinski definition) is 1. The van der Waals surface area contributed by atoms with E-state index in [1.165, 1.54) is 7.11 Å². The fourth-order valence-corrected chi connectivity index (χ4v) is 1.86. The SMILES string of the molecule is COC(=O)c1cccc(NCc2ccncc2)c1C.